The molecule has 0 unspecified atom stereocenters. The zero-order valence-electron chi connectivity index (χ0n) is 11.1. The molecule has 0 aliphatic rings. The van der Waals surface area contributed by atoms with Gasteiger partial charge in [-0.15, -0.1) is 11.6 Å². The van der Waals surface area contributed by atoms with Crippen molar-refractivity contribution < 1.29 is 4.74 Å². The summed E-state index contributed by atoms with van der Waals surface area (Å²) in [6.07, 6.45) is 3.84. The monoisotopic (exact) mass is 252 g/mol. The van der Waals surface area contributed by atoms with E-state index in [-0.39, 0.29) is 5.41 Å². The first kappa shape index (κ1) is 14.1. The fraction of sp³-hybridized carbons (Fsp3) is 0.467. The Hall–Kier alpha value is -0.950. The molecular weight excluding hydrogens is 232 g/mol. The van der Waals surface area contributed by atoms with Crippen LogP contribution in [0.2, 0.25) is 0 Å². The Labute approximate surface area is 109 Å². The Morgan fingerprint density at radius 2 is 1.94 bits per heavy atom. The van der Waals surface area contributed by atoms with Crippen molar-refractivity contribution in [2.45, 2.75) is 33.1 Å². The van der Waals surface area contributed by atoms with Crippen LogP contribution in [0.15, 0.2) is 30.4 Å². The van der Waals surface area contributed by atoms with Gasteiger partial charge < -0.3 is 4.74 Å². The Balaban J connectivity index is 2.88. The van der Waals surface area contributed by atoms with Crippen molar-refractivity contribution in [1.29, 1.82) is 0 Å². The van der Waals surface area contributed by atoms with E-state index in [1.807, 2.05) is 12.2 Å². The second-order valence-electron chi connectivity index (χ2n) is 5.19. The molecule has 1 aromatic rings. The van der Waals surface area contributed by atoms with Crippen LogP contribution in [-0.4, -0.2) is 12.5 Å². The number of rotatable bonds is 4. The van der Waals surface area contributed by atoms with Crippen molar-refractivity contribution in [3.8, 4) is 5.75 Å². The molecule has 0 N–H and O–H groups in total. The highest BCUT2D eigenvalue weighted by molar-refractivity contribution is 6.18. The third-order valence-electron chi connectivity index (χ3n) is 2.54. The lowest BCUT2D eigenvalue weighted by atomic mass is 9.86. The van der Waals surface area contributed by atoms with E-state index < -0.39 is 0 Å². The first-order valence-corrected chi connectivity index (χ1v) is 6.43. The maximum atomic E-state index is 5.80. The molecule has 1 rings (SSSR count). The lowest BCUT2D eigenvalue weighted by Crippen LogP contribution is -2.13. The lowest BCUT2D eigenvalue weighted by Gasteiger charge is -2.23. The Morgan fingerprint density at radius 1 is 1.24 bits per heavy atom. The number of hydrogen-bond donors (Lipinski definition) is 0. The summed E-state index contributed by atoms with van der Waals surface area (Å²) in [5.41, 5.74) is 2.55. The molecule has 0 radical (unpaired) electrons. The third kappa shape index (κ3) is 4.43. The summed E-state index contributed by atoms with van der Waals surface area (Å²) in [7, 11) is 0. The SMILES string of the molecule is Cc1ccc(C(C)(C)C)c(OCC=CCCl)c1. The van der Waals surface area contributed by atoms with Crippen LogP contribution < -0.4 is 4.74 Å². The predicted octanol–water partition coefficient (Wildman–Crippen LogP) is 4.47. The van der Waals surface area contributed by atoms with Crippen LogP contribution in [0.4, 0.5) is 0 Å². The average Bonchev–Trinajstić information content (AvgIpc) is 2.23. The third-order valence-corrected chi connectivity index (χ3v) is 2.71. The molecule has 2 heteroatoms. The quantitative estimate of drug-likeness (QED) is 0.568. The van der Waals surface area contributed by atoms with E-state index in [0.29, 0.717) is 12.5 Å². The van der Waals surface area contributed by atoms with Crippen molar-refractivity contribution in [3.63, 3.8) is 0 Å². The van der Waals surface area contributed by atoms with Crippen LogP contribution >= 0.6 is 11.6 Å². The molecule has 0 bridgehead atoms. The van der Waals surface area contributed by atoms with Gasteiger partial charge in [0.2, 0.25) is 0 Å². The van der Waals surface area contributed by atoms with E-state index >= 15 is 0 Å². The van der Waals surface area contributed by atoms with Crippen LogP contribution in [0.3, 0.4) is 0 Å². The fourth-order valence-corrected chi connectivity index (χ4v) is 1.76. The summed E-state index contributed by atoms with van der Waals surface area (Å²) in [5.74, 6) is 1.50. The number of aryl methyl sites for hydroxylation is 1. The molecule has 1 aromatic carbocycles. The molecular formula is C15H21ClO. The van der Waals surface area contributed by atoms with Crippen LogP contribution in [0.1, 0.15) is 31.9 Å². The van der Waals surface area contributed by atoms with Crippen molar-refractivity contribution in [2.75, 3.05) is 12.5 Å². The fourth-order valence-electron chi connectivity index (χ4n) is 1.64. The second-order valence-corrected chi connectivity index (χ2v) is 5.49. The molecule has 1 nitrogen and oxygen atoms in total. The van der Waals surface area contributed by atoms with Crippen molar-refractivity contribution in [2.24, 2.45) is 0 Å². The minimum Gasteiger partial charge on any atom is -0.489 e. The van der Waals surface area contributed by atoms with Gasteiger partial charge in [-0.1, -0.05) is 45.1 Å². The first-order valence-electron chi connectivity index (χ1n) is 5.90. The molecule has 0 spiro atoms. The standard InChI is InChI=1S/C15H21ClO/c1-12-7-8-13(15(2,3)4)14(11-12)17-10-6-5-9-16/h5-8,11H,9-10H2,1-4H3. The van der Waals surface area contributed by atoms with Crippen molar-refractivity contribution in [3.05, 3.63) is 41.5 Å². The molecule has 0 atom stereocenters. The molecule has 0 amide bonds. The average molecular weight is 253 g/mol. The van der Waals surface area contributed by atoms with E-state index in [9.17, 15) is 0 Å². The van der Waals surface area contributed by atoms with Gasteiger partial charge in [0.1, 0.15) is 12.4 Å². The number of allylic oxidation sites excluding steroid dienone is 1. The zero-order chi connectivity index (χ0) is 12.9. The van der Waals surface area contributed by atoms with E-state index in [1.54, 1.807) is 0 Å². The minimum atomic E-state index is 0.0965. The van der Waals surface area contributed by atoms with Gasteiger partial charge in [-0.25, -0.2) is 0 Å². The summed E-state index contributed by atoms with van der Waals surface area (Å²) in [6, 6.07) is 6.37. The number of hydrogen-bond acceptors (Lipinski definition) is 1. The molecule has 0 saturated carbocycles. The van der Waals surface area contributed by atoms with Crippen LogP contribution in [0.5, 0.6) is 5.75 Å². The molecule has 0 saturated heterocycles. The van der Waals surface area contributed by atoms with Crippen molar-refractivity contribution in [1.82, 2.24) is 0 Å². The first-order chi connectivity index (χ1) is 7.95. The zero-order valence-corrected chi connectivity index (χ0v) is 11.8. The van der Waals surface area contributed by atoms with Gasteiger partial charge in [-0.2, -0.15) is 0 Å². The van der Waals surface area contributed by atoms with Gasteiger partial charge in [0.05, 0.1) is 0 Å². The van der Waals surface area contributed by atoms with Gasteiger partial charge in [-0.3, -0.25) is 0 Å². The molecule has 0 aromatic heterocycles. The highest BCUT2D eigenvalue weighted by Crippen LogP contribution is 2.31. The van der Waals surface area contributed by atoms with E-state index in [0.717, 1.165) is 5.75 Å². The molecule has 94 valence electrons. The van der Waals surface area contributed by atoms with E-state index in [4.69, 9.17) is 16.3 Å². The second kappa shape index (κ2) is 6.11. The molecule has 0 fully saturated rings. The highest BCUT2D eigenvalue weighted by atomic mass is 35.5. The van der Waals surface area contributed by atoms with Crippen LogP contribution in [-0.2, 0) is 5.41 Å². The molecule has 17 heavy (non-hydrogen) atoms. The van der Waals surface area contributed by atoms with Gasteiger partial charge in [-0.05, 0) is 29.5 Å². The summed E-state index contributed by atoms with van der Waals surface area (Å²) < 4.78 is 5.80. The smallest absolute Gasteiger partial charge is 0.123 e. The molecule has 0 aliphatic heterocycles. The normalized spacial score (nSPS) is 12.1. The summed E-state index contributed by atoms with van der Waals surface area (Å²) in [4.78, 5) is 0. The number of benzene rings is 1. The molecule has 0 heterocycles. The summed E-state index contributed by atoms with van der Waals surface area (Å²) >= 11 is 5.57. The number of alkyl halides is 1. The van der Waals surface area contributed by atoms with Crippen molar-refractivity contribution >= 4 is 11.6 Å². The minimum absolute atomic E-state index is 0.0965. The number of halogens is 1. The van der Waals surface area contributed by atoms with Crippen LogP contribution in [0, 0.1) is 6.92 Å². The largest absolute Gasteiger partial charge is 0.489 e. The van der Waals surface area contributed by atoms with E-state index in [2.05, 4.69) is 45.9 Å². The lowest BCUT2D eigenvalue weighted by molar-refractivity contribution is 0.350. The van der Waals surface area contributed by atoms with Gasteiger partial charge in [0.15, 0.2) is 0 Å². The summed E-state index contributed by atoms with van der Waals surface area (Å²) in [6.45, 7) is 9.23. The molecule has 0 aliphatic carbocycles. The number of ether oxygens (including phenoxy) is 1. The van der Waals surface area contributed by atoms with Gasteiger partial charge in [0.25, 0.3) is 0 Å². The van der Waals surface area contributed by atoms with Gasteiger partial charge in [0, 0.05) is 5.88 Å². The van der Waals surface area contributed by atoms with Gasteiger partial charge >= 0.3 is 0 Å². The maximum absolute atomic E-state index is 5.80. The Morgan fingerprint density at radius 3 is 2.53 bits per heavy atom. The maximum Gasteiger partial charge on any atom is 0.123 e. The topological polar surface area (TPSA) is 9.23 Å². The Bertz CT molecular complexity index is 388. The Kier molecular flexibility index (Phi) is 5.07. The van der Waals surface area contributed by atoms with E-state index in [1.165, 1.54) is 11.1 Å². The summed E-state index contributed by atoms with van der Waals surface area (Å²) in [5, 5.41) is 0. The van der Waals surface area contributed by atoms with Crippen LogP contribution in [0.25, 0.3) is 0 Å². The highest BCUT2D eigenvalue weighted by Gasteiger charge is 2.18. The predicted molar refractivity (Wildman–Crippen MR) is 75.2 cm³/mol.